The molecule has 354 valence electrons. The molecule has 1 fully saturated rings. The molecule has 0 bridgehead atoms. The normalized spacial score (nSPS) is 26.7. The van der Waals surface area contributed by atoms with Crippen LogP contribution in [0.4, 0.5) is 28.4 Å². The van der Waals surface area contributed by atoms with Crippen LogP contribution in [0.25, 0.3) is 0 Å². The number of anilines is 5. The molecular formula is C63H83BN2S. The van der Waals surface area contributed by atoms with E-state index in [0.29, 0.717) is 11.2 Å². The summed E-state index contributed by atoms with van der Waals surface area (Å²) in [6, 6.07) is 21.1. The van der Waals surface area contributed by atoms with Gasteiger partial charge >= 0.3 is 0 Å². The lowest BCUT2D eigenvalue weighted by molar-refractivity contribution is 0.0881. The molecule has 11 rings (SSSR count). The van der Waals surface area contributed by atoms with E-state index in [1.807, 2.05) is 0 Å². The molecule has 4 aliphatic carbocycles. The van der Waals surface area contributed by atoms with Crippen molar-refractivity contribution < 1.29 is 0 Å². The second-order valence-corrected chi connectivity index (χ2v) is 29.8. The second kappa shape index (κ2) is 13.9. The quantitative estimate of drug-likeness (QED) is 0.185. The Kier molecular flexibility index (Phi) is 9.58. The molecule has 4 heteroatoms. The average molecular weight is 911 g/mol. The molecule has 4 aromatic carbocycles. The van der Waals surface area contributed by atoms with Crippen molar-refractivity contribution in [1.29, 1.82) is 0 Å². The summed E-state index contributed by atoms with van der Waals surface area (Å²) in [6.45, 7) is 48.0. The van der Waals surface area contributed by atoms with Gasteiger partial charge in [0.1, 0.15) is 0 Å². The number of thioether (sulfide) groups is 1. The van der Waals surface area contributed by atoms with Crippen LogP contribution in [-0.4, -0.2) is 12.0 Å². The van der Waals surface area contributed by atoms with E-state index in [1.165, 1.54) is 113 Å². The van der Waals surface area contributed by atoms with Crippen molar-refractivity contribution in [2.45, 2.75) is 221 Å². The van der Waals surface area contributed by atoms with Crippen LogP contribution in [0.2, 0.25) is 0 Å². The lowest BCUT2D eigenvalue weighted by Crippen LogP contribution is -2.56. The molecule has 7 aliphatic rings. The first-order valence-electron chi connectivity index (χ1n) is 26.6. The number of allylic oxidation sites excluding steroid dienone is 1. The van der Waals surface area contributed by atoms with Gasteiger partial charge in [0.15, 0.2) is 0 Å². The number of hydrogen-bond acceptors (Lipinski definition) is 3. The van der Waals surface area contributed by atoms with Crippen LogP contribution in [0.1, 0.15) is 212 Å². The van der Waals surface area contributed by atoms with Gasteiger partial charge in [-0.15, -0.1) is 11.8 Å². The van der Waals surface area contributed by atoms with Gasteiger partial charge in [0.05, 0.1) is 0 Å². The molecule has 0 aromatic heterocycles. The number of nitrogens with zero attached hydrogens (tertiary/aromatic N) is 2. The molecular weight excluding hydrogens is 828 g/mol. The number of rotatable bonds is 2. The molecule has 2 nitrogen and oxygen atoms in total. The Hall–Kier alpha value is -3.37. The Balaban J connectivity index is 1.28. The maximum Gasteiger partial charge on any atom is 0.259 e. The highest BCUT2D eigenvalue weighted by Gasteiger charge is 2.60. The summed E-state index contributed by atoms with van der Waals surface area (Å²) in [5, 5.41) is 0.499. The summed E-state index contributed by atoms with van der Waals surface area (Å²) in [4.78, 5) is 7.34. The van der Waals surface area contributed by atoms with Gasteiger partial charge in [-0.05, 0) is 212 Å². The highest BCUT2D eigenvalue weighted by atomic mass is 32.2. The second-order valence-electron chi connectivity index (χ2n) is 28.6. The Labute approximate surface area is 412 Å². The van der Waals surface area contributed by atoms with Crippen LogP contribution in [0.15, 0.2) is 59.0 Å². The van der Waals surface area contributed by atoms with E-state index in [9.17, 15) is 0 Å². The van der Waals surface area contributed by atoms with Crippen LogP contribution in [0.5, 0.6) is 0 Å². The van der Waals surface area contributed by atoms with Crippen LogP contribution in [0.3, 0.4) is 0 Å². The summed E-state index contributed by atoms with van der Waals surface area (Å²) in [7, 11) is 0. The standard InChI is InChI=1S/C63H83BN2S/c1-36-30-48-52-49(31-36)66(45-21-20-39-50(38(45)3)61(14,15)27-26-56(39,4)5)53-51-54(63(18,19)29-28-62(51,16)17)67-55(53)64(52)44-33-41-43(60(12,13)25-23-58(41,8)9)35-47(44)65(48)46-34-42-40(32-37(46)2)57(6,7)22-24-59(42,10)11/h20-21,30-35,51,54H,22-29H2,1-19H3. The topological polar surface area (TPSA) is 6.48 Å². The summed E-state index contributed by atoms with van der Waals surface area (Å²) in [6.07, 6.45) is 9.80. The van der Waals surface area contributed by atoms with Crippen molar-refractivity contribution in [2.24, 2.45) is 16.7 Å². The van der Waals surface area contributed by atoms with E-state index in [-0.39, 0.29) is 50.0 Å². The third-order valence-corrected chi connectivity index (χ3v) is 22.0. The van der Waals surface area contributed by atoms with Crippen molar-refractivity contribution in [1.82, 2.24) is 0 Å². The van der Waals surface area contributed by atoms with Crippen LogP contribution in [0, 0.1) is 37.5 Å². The Morgan fingerprint density at radius 2 is 0.940 bits per heavy atom. The maximum atomic E-state index is 2.91. The molecule has 2 unspecified atom stereocenters. The molecule has 0 spiro atoms. The SMILES string of the molecule is Cc1cc2c3c(c1)N(c1cc4c(cc1C)C(C)(C)CCC4(C)C)c1cc4c(cc1B3C1=C(C3C(S1)C(C)(C)CCC3(C)C)N2c1ccc2c(c1C)C(C)(C)CCC2(C)C)C(C)(C)CCC4(C)C. The first-order chi connectivity index (χ1) is 30.9. The lowest BCUT2D eigenvalue weighted by atomic mass is 9.35. The molecule has 4 aromatic rings. The number of fused-ring (bicyclic) bond motifs is 8. The zero-order valence-electron chi connectivity index (χ0n) is 45.3. The van der Waals surface area contributed by atoms with Crippen molar-refractivity contribution in [3.63, 3.8) is 0 Å². The van der Waals surface area contributed by atoms with E-state index in [2.05, 4.69) is 202 Å². The number of benzene rings is 4. The molecule has 0 N–H and O–H groups in total. The largest absolute Gasteiger partial charge is 0.314 e. The third kappa shape index (κ3) is 6.40. The fourth-order valence-corrected chi connectivity index (χ4v) is 17.3. The first-order valence-corrected chi connectivity index (χ1v) is 27.4. The highest BCUT2D eigenvalue weighted by molar-refractivity contribution is 8.06. The van der Waals surface area contributed by atoms with Crippen LogP contribution in [-0.2, 0) is 32.5 Å². The zero-order valence-corrected chi connectivity index (χ0v) is 46.1. The third-order valence-electron chi connectivity index (χ3n) is 20.1. The Morgan fingerprint density at radius 1 is 0.463 bits per heavy atom. The van der Waals surface area contributed by atoms with Crippen molar-refractivity contribution in [3.05, 3.63) is 109 Å². The average Bonchev–Trinajstić information content (AvgIpc) is 3.65. The van der Waals surface area contributed by atoms with E-state index >= 15 is 0 Å². The van der Waals surface area contributed by atoms with E-state index < -0.39 is 0 Å². The highest BCUT2D eigenvalue weighted by Crippen LogP contribution is 2.66. The monoisotopic (exact) mass is 911 g/mol. The number of hydrogen-bond donors (Lipinski definition) is 0. The van der Waals surface area contributed by atoms with Gasteiger partial charge in [-0.3, -0.25) is 0 Å². The minimum Gasteiger partial charge on any atom is -0.314 e. The van der Waals surface area contributed by atoms with Gasteiger partial charge < -0.3 is 9.80 Å². The molecule has 1 saturated carbocycles. The summed E-state index contributed by atoms with van der Waals surface area (Å²) in [5.41, 5.74) is 26.3. The van der Waals surface area contributed by atoms with Gasteiger partial charge in [0, 0.05) is 45.3 Å². The number of aryl methyl sites for hydroxylation is 2. The predicted octanol–water partition coefficient (Wildman–Crippen LogP) is 16.5. The van der Waals surface area contributed by atoms with E-state index in [4.69, 9.17) is 0 Å². The fourth-order valence-electron chi connectivity index (χ4n) is 15.3. The van der Waals surface area contributed by atoms with Gasteiger partial charge in [-0.1, -0.05) is 129 Å². The van der Waals surface area contributed by atoms with Crippen LogP contribution >= 0.6 is 11.8 Å². The van der Waals surface area contributed by atoms with Crippen molar-refractivity contribution in [2.75, 3.05) is 9.80 Å². The first kappa shape index (κ1) is 46.0. The lowest BCUT2D eigenvalue weighted by Gasteiger charge is -2.52. The zero-order chi connectivity index (χ0) is 48.3. The van der Waals surface area contributed by atoms with Gasteiger partial charge in [-0.25, -0.2) is 0 Å². The summed E-state index contributed by atoms with van der Waals surface area (Å²) < 4.78 is 0. The molecule has 3 aliphatic heterocycles. The smallest absolute Gasteiger partial charge is 0.259 e. The molecule has 3 heterocycles. The van der Waals surface area contributed by atoms with E-state index in [0.717, 1.165) is 0 Å². The maximum absolute atomic E-state index is 2.91. The molecule has 0 amide bonds. The van der Waals surface area contributed by atoms with Gasteiger partial charge in [0.2, 0.25) is 0 Å². The van der Waals surface area contributed by atoms with Gasteiger partial charge in [-0.2, -0.15) is 0 Å². The molecule has 67 heavy (non-hydrogen) atoms. The summed E-state index contributed by atoms with van der Waals surface area (Å²) >= 11 is 2.30. The van der Waals surface area contributed by atoms with Crippen LogP contribution < -0.4 is 20.7 Å². The molecule has 0 saturated heterocycles. The Bertz CT molecular complexity index is 2860. The minimum atomic E-state index is 0.0890. The van der Waals surface area contributed by atoms with Crippen molar-refractivity contribution in [3.8, 4) is 0 Å². The summed E-state index contributed by atoms with van der Waals surface area (Å²) in [5.74, 6) is 0.427. The minimum absolute atomic E-state index is 0.0890. The Morgan fingerprint density at radius 3 is 1.52 bits per heavy atom. The van der Waals surface area contributed by atoms with Crippen molar-refractivity contribution >= 4 is 57.8 Å². The van der Waals surface area contributed by atoms with E-state index in [1.54, 1.807) is 38.3 Å². The van der Waals surface area contributed by atoms with Gasteiger partial charge in [0.25, 0.3) is 6.71 Å². The molecule has 0 radical (unpaired) electrons. The predicted molar refractivity (Wildman–Crippen MR) is 293 cm³/mol. The fraction of sp³-hybridized carbons (Fsp3) is 0.587. The molecule has 2 atom stereocenters.